The molecule has 0 bridgehead atoms. The first-order valence-corrected chi connectivity index (χ1v) is 8.90. The number of aromatic nitrogens is 3. The lowest BCUT2D eigenvalue weighted by Crippen LogP contribution is -2.37. The predicted octanol–water partition coefficient (Wildman–Crippen LogP) is 1.84. The van der Waals surface area contributed by atoms with Crippen LogP contribution in [0.15, 0.2) is 24.4 Å². The number of rotatable bonds is 4. The Balaban J connectivity index is 1.65. The molecule has 1 atom stereocenters. The van der Waals surface area contributed by atoms with Gasteiger partial charge in [-0.25, -0.2) is 9.97 Å². The van der Waals surface area contributed by atoms with Crippen LogP contribution in [0.3, 0.4) is 0 Å². The molecular formula is C18H24N6O. The molecule has 0 spiro atoms. The standard InChI is InChI=1S/C18H24N6O/c1-13-2-5-20-16(10-13)22-17-11-15(14-3-4-19-12-14)21-18(23-17)24-6-8-25-9-7-24/h2,5,10-11,14,19H,3-4,6-9,12H2,1H3,(H,20,21,22,23). The van der Waals surface area contributed by atoms with Crippen molar-refractivity contribution in [3.05, 3.63) is 35.7 Å². The Kier molecular flexibility index (Phi) is 4.76. The summed E-state index contributed by atoms with van der Waals surface area (Å²) in [5, 5.41) is 6.77. The van der Waals surface area contributed by atoms with E-state index < -0.39 is 0 Å². The normalized spacial score (nSPS) is 20.7. The molecule has 2 aromatic heterocycles. The average Bonchev–Trinajstić information content (AvgIpc) is 3.17. The first kappa shape index (κ1) is 16.2. The van der Waals surface area contributed by atoms with Gasteiger partial charge in [0.1, 0.15) is 11.6 Å². The molecule has 2 N–H and O–H groups in total. The molecule has 1 unspecified atom stereocenters. The maximum Gasteiger partial charge on any atom is 0.227 e. The lowest BCUT2D eigenvalue weighted by molar-refractivity contribution is 0.122. The van der Waals surface area contributed by atoms with E-state index in [0.717, 1.165) is 69.1 Å². The van der Waals surface area contributed by atoms with E-state index in [0.29, 0.717) is 5.92 Å². The number of morpholine rings is 1. The van der Waals surface area contributed by atoms with Crippen LogP contribution in [0.2, 0.25) is 0 Å². The van der Waals surface area contributed by atoms with Crippen molar-refractivity contribution in [3.8, 4) is 0 Å². The summed E-state index contributed by atoms with van der Waals surface area (Å²) >= 11 is 0. The predicted molar refractivity (Wildman–Crippen MR) is 97.5 cm³/mol. The van der Waals surface area contributed by atoms with E-state index in [9.17, 15) is 0 Å². The molecule has 4 rings (SSSR count). The summed E-state index contributed by atoms with van der Waals surface area (Å²) in [6.45, 7) is 7.18. The lowest BCUT2D eigenvalue weighted by atomic mass is 10.0. The van der Waals surface area contributed by atoms with Gasteiger partial charge in [-0.3, -0.25) is 0 Å². The van der Waals surface area contributed by atoms with Crippen LogP contribution in [0.25, 0.3) is 0 Å². The minimum atomic E-state index is 0.439. The number of nitrogens with zero attached hydrogens (tertiary/aromatic N) is 4. The fraction of sp³-hybridized carbons (Fsp3) is 0.500. The van der Waals surface area contributed by atoms with Crippen LogP contribution in [-0.2, 0) is 4.74 Å². The second-order valence-electron chi connectivity index (χ2n) is 6.61. The second kappa shape index (κ2) is 7.33. The number of aryl methyl sites for hydroxylation is 1. The fourth-order valence-electron chi connectivity index (χ4n) is 3.27. The molecule has 2 aliphatic heterocycles. The van der Waals surface area contributed by atoms with Gasteiger partial charge in [0.05, 0.1) is 18.9 Å². The van der Waals surface area contributed by atoms with E-state index in [4.69, 9.17) is 14.7 Å². The zero-order valence-corrected chi connectivity index (χ0v) is 14.5. The van der Waals surface area contributed by atoms with E-state index >= 15 is 0 Å². The molecule has 2 aliphatic rings. The number of pyridine rings is 1. The molecule has 0 aromatic carbocycles. The van der Waals surface area contributed by atoms with Gasteiger partial charge in [0.15, 0.2) is 0 Å². The number of hydrogen-bond acceptors (Lipinski definition) is 7. The summed E-state index contributed by atoms with van der Waals surface area (Å²) < 4.78 is 5.46. The Morgan fingerprint density at radius 3 is 2.84 bits per heavy atom. The first-order chi connectivity index (χ1) is 12.3. The zero-order valence-electron chi connectivity index (χ0n) is 14.5. The maximum absolute atomic E-state index is 5.46. The number of ether oxygens (including phenoxy) is 1. The van der Waals surface area contributed by atoms with Crippen molar-refractivity contribution in [3.63, 3.8) is 0 Å². The summed E-state index contributed by atoms with van der Waals surface area (Å²) in [6.07, 6.45) is 2.92. The smallest absolute Gasteiger partial charge is 0.227 e. The highest BCUT2D eigenvalue weighted by molar-refractivity contribution is 5.55. The molecule has 7 nitrogen and oxygen atoms in total. The summed E-state index contributed by atoms with van der Waals surface area (Å²) in [5.41, 5.74) is 2.26. The van der Waals surface area contributed by atoms with Crippen molar-refractivity contribution in [2.24, 2.45) is 0 Å². The first-order valence-electron chi connectivity index (χ1n) is 8.90. The third kappa shape index (κ3) is 3.88. The molecule has 132 valence electrons. The number of nitrogens with one attached hydrogen (secondary N) is 2. The van der Waals surface area contributed by atoms with Gasteiger partial charge in [-0.2, -0.15) is 4.98 Å². The molecule has 0 saturated carbocycles. The van der Waals surface area contributed by atoms with E-state index in [1.54, 1.807) is 0 Å². The number of hydrogen-bond donors (Lipinski definition) is 2. The van der Waals surface area contributed by atoms with Gasteiger partial charge < -0.3 is 20.3 Å². The molecule has 0 aliphatic carbocycles. The Morgan fingerprint density at radius 2 is 2.08 bits per heavy atom. The SMILES string of the molecule is Cc1ccnc(Nc2cc(C3CCNC3)nc(N3CCOCC3)n2)c1. The highest BCUT2D eigenvalue weighted by Gasteiger charge is 2.22. The molecular weight excluding hydrogens is 316 g/mol. The van der Waals surface area contributed by atoms with Gasteiger partial charge in [0.25, 0.3) is 0 Å². The van der Waals surface area contributed by atoms with Gasteiger partial charge in [-0.1, -0.05) is 0 Å². The molecule has 2 saturated heterocycles. The van der Waals surface area contributed by atoms with Crippen LogP contribution in [0.4, 0.5) is 17.6 Å². The number of anilines is 3. The summed E-state index contributed by atoms with van der Waals surface area (Å²) in [5.74, 6) is 2.83. The van der Waals surface area contributed by atoms with Crippen molar-refractivity contribution in [1.82, 2.24) is 20.3 Å². The van der Waals surface area contributed by atoms with Gasteiger partial charge in [-0.05, 0) is 37.6 Å². The molecule has 4 heterocycles. The van der Waals surface area contributed by atoms with Crippen LogP contribution in [0.1, 0.15) is 23.6 Å². The fourth-order valence-corrected chi connectivity index (χ4v) is 3.27. The summed E-state index contributed by atoms with van der Waals surface area (Å²) in [6, 6.07) is 6.07. The van der Waals surface area contributed by atoms with Crippen LogP contribution in [0.5, 0.6) is 0 Å². The van der Waals surface area contributed by atoms with Crippen molar-refractivity contribution in [1.29, 1.82) is 0 Å². The van der Waals surface area contributed by atoms with Gasteiger partial charge >= 0.3 is 0 Å². The van der Waals surface area contributed by atoms with Crippen LogP contribution < -0.4 is 15.5 Å². The van der Waals surface area contributed by atoms with Crippen molar-refractivity contribution in [2.45, 2.75) is 19.3 Å². The minimum absolute atomic E-state index is 0.439. The minimum Gasteiger partial charge on any atom is -0.378 e. The summed E-state index contributed by atoms with van der Waals surface area (Å²) in [4.78, 5) is 16.2. The van der Waals surface area contributed by atoms with Gasteiger partial charge in [-0.15, -0.1) is 0 Å². The van der Waals surface area contributed by atoms with Crippen LogP contribution in [-0.4, -0.2) is 54.3 Å². The van der Waals surface area contributed by atoms with Crippen molar-refractivity contribution in [2.75, 3.05) is 49.6 Å². The monoisotopic (exact) mass is 340 g/mol. The zero-order chi connectivity index (χ0) is 17.1. The van der Waals surface area contributed by atoms with E-state index in [-0.39, 0.29) is 0 Å². The molecule has 7 heteroatoms. The topological polar surface area (TPSA) is 75.2 Å². The molecule has 0 radical (unpaired) electrons. The maximum atomic E-state index is 5.46. The Morgan fingerprint density at radius 1 is 1.20 bits per heavy atom. The highest BCUT2D eigenvalue weighted by Crippen LogP contribution is 2.26. The third-order valence-electron chi connectivity index (χ3n) is 4.68. The quantitative estimate of drug-likeness (QED) is 0.879. The van der Waals surface area contributed by atoms with Crippen molar-refractivity contribution < 1.29 is 4.74 Å². The molecule has 2 aromatic rings. The van der Waals surface area contributed by atoms with E-state index in [2.05, 4.69) is 33.5 Å². The lowest BCUT2D eigenvalue weighted by Gasteiger charge is -2.27. The second-order valence-corrected chi connectivity index (χ2v) is 6.61. The van der Waals surface area contributed by atoms with E-state index in [1.807, 2.05) is 18.3 Å². The van der Waals surface area contributed by atoms with Gasteiger partial charge in [0, 0.05) is 37.8 Å². The largest absolute Gasteiger partial charge is 0.378 e. The molecule has 25 heavy (non-hydrogen) atoms. The third-order valence-corrected chi connectivity index (χ3v) is 4.68. The average molecular weight is 340 g/mol. The highest BCUT2D eigenvalue weighted by atomic mass is 16.5. The van der Waals surface area contributed by atoms with Crippen LogP contribution >= 0.6 is 0 Å². The van der Waals surface area contributed by atoms with E-state index in [1.165, 1.54) is 5.56 Å². The van der Waals surface area contributed by atoms with Gasteiger partial charge in [0.2, 0.25) is 5.95 Å². The Hall–Kier alpha value is -2.25. The molecule has 2 fully saturated rings. The van der Waals surface area contributed by atoms with Crippen LogP contribution in [0, 0.1) is 6.92 Å². The Bertz CT molecular complexity index is 725. The Labute approximate surface area is 147 Å². The molecule has 0 amide bonds. The van der Waals surface area contributed by atoms with Crippen molar-refractivity contribution >= 4 is 17.6 Å². The summed E-state index contributed by atoms with van der Waals surface area (Å²) in [7, 11) is 0.